The van der Waals surface area contributed by atoms with Crippen LogP contribution in [0.3, 0.4) is 0 Å². The highest BCUT2D eigenvalue weighted by Gasteiger charge is 2.22. The molecule has 0 fully saturated rings. The molecule has 0 amide bonds. The fraction of sp³-hybridized carbons (Fsp3) is 0.286. The molecule has 1 aromatic carbocycles. The second-order valence-electron chi connectivity index (χ2n) is 4.81. The normalized spacial score (nSPS) is 18.4. The summed E-state index contributed by atoms with van der Waals surface area (Å²) in [6.07, 6.45) is 1.75. The summed E-state index contributed by atoms with van der Waals surface area (Å²) in [6.45, 7) is 4.02. The van der Waals surface area contributed by atoms with E-state index in [1.54, 1.807) is 6.20 Å². The second-order valence-corrected chi connectivity index (χ2v) is 5.15. The molecule has 0 saturated carbocycles. The molecule has 1 aliphatic rings. The van der Waals surface area contributed by atoms with Crippen molar-refractivity contribution < 1.29 is 0 Å². The minimum Gasteiger partial charge on any atom is -0.380 e. The number of para-hydroxylation sites is 1. The molecule has 0 saturated heterocycles. The van der Waals surface area contributed by atoms with Crippen LogP contribution in [0.5, 0.6) is 0 Å². The standard InChI is InChI=1S/C14H15ClN4/c1-10-7-16-12-8-17-14(15)18-13(12)19(9-10)11-5-3-2-4-6-11/h2-6,8,10,16H,7,9H2,1H3. The average Bonchev–Trinajstić information content (AvgIpc) is 2.59. The number of anilines is 3. The number of rotatable bonds is 1. The van der Waals surface area contributed by atoms with Crippen LogP contribution >= 0.6 is 11.6 Å². The molecule has 3 rings (SSSR count). The van der Waals surface area contributed by atoms with Gasteiger partial charge in [-0.1, -0.05) is 25.1 Å². The first-order chi connectivity index (χ1) is 9.24. The van der Waals surface area contributed by atoms with Crippen LogP contribution < -0.4 is 10.2 Å². The van der Waals surface area contributed by atoms with Gasteiger partial charge in [0.2, 0.25) is 5.28 Å². The molecule has 0 spiro atoms. The van der Waals surface area contributed by atoms with Gasteiger partial charge in [-0.25, -0.2) is 4.98 Å². The van der Waals surface area contributed by atoms with E-state index < -0.39 is 0 Å². The van der Waals surface area contributed by atoms with E-state index in [0.717, 1.165) is 30.3 Å². The lowest BCUT2D eigenvalue weighted by Gasteiger charge is -2.24. The van der Waals surface area contributed by atoms with Gasteiger partial charge in [0.1, 0.15) is 0 Å². The highest BCUT2D eigenvalue weighted by molar-refractivity contribution is 6.28. The monoisotopic (exact) mass is 274 g/mol. The Morgan fingerprint density at radius 1 is 1.32 bits per heavy atom. The highest BCUT2D eigenvalue weighted by Crippen LogP contribution is 2.33. The summed E-state index contributed by atoms with van der Waals surface area (Å²) in [5, 5.41) is 3.65. The van der Waals surface area contributed by atoms with Gasteiger partial charge >= 0.3 is 0 Å². The molecule has 1 atom stereocenters. The van der Waals surface area contributed by atoms with Gasteiger partial charge in [0.15, 0.2) is 5.82 Å². The molecule has 2 aromatic rings. The van der Waals surface area contributed by atoms with Gasteiger partial charge in [0, 0.05) is 18.8 Å². The Kier molecular flexibility index (Phi) is 3.25. The molecule has 98 valence electrons. The van der Waals surface area contributed by atoms with Gasteiger partial charge < -0.3 is 10.2 Å². The van der Waals surface area contributed by atoms with Gasteiger partial charge in [-0.3, -0.25) is 0 Å². The molecule has 0 bridgehead atoms. The van der Waals surface area contributed by atoms with E-state index in [2.05, 4.69) is 39.2 Å². The van der Waals surface area contributed by atoms with E-state index in [1.807, 2.05) is 18.2 Å². The maximum absolute atomic E-state index is 5.94. The second kappa shape index (κ2) is 5.05. The zero-order valence-corrected chi connectivity index (χ0v) is 11.4. The summed E-state index contributed by atoms with van der Waals surface area (Å²) in [5.41, 5.74) is 2.05. The van der Waals surface area contributed by atoms with Crippen molar-refractivity contribution in [2.45, 2.75) is 6.92 Å². The number of hydrogen-bond acceptors (Lipinski definition) is 4. The third-order valence-electron chi connectivity index (χ3n) is 3.20. The van der Waals surface area contributed by atoms with Crippen LogP contribution in [0.2, 0.25) is 5.28 Å². The largest absolute Gasteiger partial charge is 0.380 e. The summed E-state index contributed by atoms with van der Waals surface area (Å²) in [4.78, 5) is 10.6. The van der Waals surface area contributed by atoms with Crippen molar-refractivity contribution in [1.29, 1.82) is 0 Å². The molecule has 5 heteroatoms. The minimum absolute atomic E-state index is 0.274. The van der Waals surface area contributed by atoms with E-state index in [0.29, 0.717) is 5.92 Å². The third-order valence-corrected chi connectivity index (χ3v) is 3.38. The van der Waals surface area contributed by atoms with Crippen LogP contribution in [0.4, 0.5) is 17.2 Å². The van der Waals surface area contributed by atoms with Crippen molar-refractivity contribution in [3.8, 4) is 0 Å². The topological polar surface area (TPSA) is 41.1 Å². The molecule has 4 nitrogen and oxygen atoms in total. The number of fused-ring (bicyclic) bond motifs is 1. The van der Waals surface area contributed by atoms with Crippen LogP contribution in [0.15, 0.2) is 36.5 Å². The van der Waals surface area contributed by atoms with Gasteiger partial charge in [0.05, 0.1) is 11.9 Å². The van der Waals surface area contributed by atoms with E-state index >= 15 is 0 Å². The molecule has 1 aliphatic heterocycles. The van der Waals surface area contributed by atoms with Gasteiger partial charge in [-0.2, -0.15) is 4.98 Å². The number of aromatic nitrogens is 2. The van der Waals surface area contributed by atoms with Crippen LogP contribution in [-0.4, -0.2) is 23.1 Å². The Morgan fingerprint density at radius 2 is 2.11 bits per heavy atom. The predicted molar refractivity (Wildman–Crippen MR) is 78.1 cm³/mol. The zero-order valence-electron chi connectivity index (χ0n) is 10.7. The van der Waals surface area contributed by atoms with Crippen LogP contribution in [0.25, 0.3) is 0 Å². The zero-order chi connectivity index (χ0) is 13.2. The van der Waals surface area contributed by atoms with Crippen LogP contribution in [0.1, 0.15) is 6.92 Å². The van der Waals surface area contributed by atoms with Crippen LogP contribution in [-0.2, 0) is 0 Å². The molecule has 1 unspecified atom stereocenters. The number of hydrogen-bond donors (Lipinski definition) is 1. The van der Waals surface area contributed by atoms with E-state index in [-0.39, 0.29) is 5.28 Å². The molecule has 0 radical (unpaired) electrons. The molecule has 1 N–H and O–H groups in total. The number of halogens is 1. The smallest absolute Gasteiger partial charge is 0.224 e. The third kappa shape index (κ3) is 2.49. The Bertz CT molecular complexity index is 573. The SMILES string of the molecule is CC1CNc2cnc(Cl)nc2N(c2ccccc2)C1. The van der Waals surface area contributed by atoms with Crippen molar-refractivity contribution in [2.24, 2.45) is 5.92 Å². The first-order valence-corrected chi connectivity index (χ1v) is 6.71. The van der Waals surface area contributed by atoms with Gasteiger partial charge in [-0.15, -0.1) is 0 Å². The fourth-order valence-corrected chi connectivity index (χ4v) is 2.39. The maximum Gasteiger partial charge on any atom is 0.224 e. The molecule has 1 aromatic heterocycles. The molecule has 19 heavy (non-hydrogen) atoms. The van der Waals surface area contributed by atoms with E-state index in [4.69, 9.17) is 11.6 Å². The quantitative estimate of drug-likeness (QED) is 0.810. The summed E-state index contributed by atoms with van der Waals surface area (Å²) in [6, 6.07) is 10.2. The van der Waals surface area contributed by atoms with E-state index in [1.165, 1.54) is 0 Å². The first kappa shape index (κ1) is 12.2. The highest BCUT2D eigenvalue weighted by atomic mass is 35.5. The Morgan fingerprint density at radius 3 is 2.89 bits per heavy atom. The maximum atomic E-state index is 5.94. The number of benzene rings is 1. The lowest BCUT2D eigenvalue weighted by atomic mass is 10.1. The van der Waals surface area contributed by atoms with Crippen molar-refractivity contribution in [1.82, 2.24) is 9.97 Å². The lowest BCUT2D eigenvalue weighted by molar-refractivity contribution is 0.626. The summed E-state index contributed by atoms with van der Waals surface area (Å²) >= 11 is 5.94. The average molecular weight is 275 g/mol. The Labute approximate surface area is 117 Å². The summed E-state index contributed by atoms with van der Waals surface area (Å²) < 4.78 is 0. The summed E-state index contributed by atoms with van der Waals surface area (Å²) in [7, 11) is 0. The van der Waals surface area contributed by atoms with Crippen LogP contribution in [0, 0.1) is 5.92 Å². The first-order valence-electron chi connectivity index (χ1n) is 6.33. The predicted octanol–water partition coefficient (Wildman–Crippen LogP) is 3.33. The minimum atomic E-state index is 0.274. The molecular formula is C14H15ClN4. The molecule has 0 aliphatic carbocycles. The van der Waals surface area contributed by atoms with Crippen molar-refractivity contribution >= 4 is 28.8 Å². The van der Waals surface area contributed by atoms with Gasteiger partial charge in [-0.05, 0) is 29.7 Å². The van der Waals surface area contributed by atoms with Crippen molar-refractivity contribution in [2.75, 3.05) is 23.3 Å². The number of nitrogens with zero attached hydrogens (tertiary/aromatic N) is 3. The molecule has 2 heterocycles. The van der Waals surface area contributed by atoms with E-state index in [9.17, 15) is 0 Å². The van der Waals surface area contributed by atoms with Crippen molar-refractivity contribution in [3.63, 3.8) is 0 Å². The fourth-order valence-electron chi connectivity index (χ4n) is 2.26. The molecular weight excluding hydrogens is 260 g/mol. The lowest BCUT2D eigenvalue weighted by Crippen LogP contribution is -2.24. The van der Waals surface area contributed by atoms with Crippen molar-refractivity contribution in [3.05, 3.63) is 41.8 Å². The summed E-state index contributed by atoms with van der Waals surface area (Å²) in [5.74, 6) is 1.35. The van der Waals surface area contributed by atoms with Gasteiger partial charge in [0.25, 0.3) is 0 Å². The Balaban J connectivity index is 2.09. The number of nitrogens with one attached hydrogen (secondary N) is 1. The Hall–Kier alpha value is -1.81.